The summed E-state index contributed by atoms with van der Waals surface area (Å²) in [7, 11) is 0. The molecular weight excluding hydrogens is 264 g/mol. The molecule has 0 aliphatic carbocycles. The van der Waals surface area contributed by atoms with E-state index in [1.165, 1.54) is 18.1 Å². The van der Waals surface area contributed by atoms with Crippen LogP contribution in [0.25, 0.3) is 0 Å². The van der Waals surface area contributed by atoms with Crippen LogP contribution in [-0.2, 0) is 11.2 Å². The zero-order chi connectivity index (χ0) is 15.2. The van der Waals surface area contributed by atoms with Gasteiger partial charge in [-0.05, 0) is 43.2 Å². The molecule has 0 aromatic heterocycles. The number of hydrazine groups is 1. The van der Waals surface area contributed by atoms with Crippen molar-refractivity contribution in [1.82, 2.24) is 0 Å². The summed E-state index contributed by atoms with van der Waals surface area (Å²) in [5.74, 6) is 6.25. The van der Waals surface area contributed by atoms with Crippen LogP contribution in [0, 0.1) is 6.92 Å². The molecule has 4 nitrogen and oxygen atoms in total. The number of esters is 1. The highest BCUT2D eigenvalue weighted by Crippen LogP contribution is 2.18. The number of nitrogens with zero attached hydrogens (tertiary/aromatic N) is 1. The molecule has 2 aromatic rings. The van der Waals surface area contributed by atoms with Crippen LogP contribution in [0.3, 0.4) is 0 Å². The molecule has 0 atom stereocenters. The molecule has 0 bridgehead atoms. The van der Waals surface area contributed by atoms with Gasteiger partial charge in [0.05, 0.1) is 5.69 Å². The van der Waals surface area contributed by atoms with Crippen molar-refractivity contribution >= 4 is 11.7 Å². The Morgan fingerprint density at radius 1 is 1.10 bits per heavy atom. The molecule has 0 amide bonds. The average molecular weight is 284 g/mol. The predicted octanol–water partition coefficient (Wildman–Crippen LogP) is 2.84. The first-order valence-electron chi connectivity index (χ1n) is 6.91. The largest absolute Gasteiger partial charge is 0.427 e. The minimum absolute atomic E-state index is 0.327. The molecule has 0 aliphatic heterocycles. The van der Waals surface area contributed by atoms with Crippen molar-refractivity contribution in [3.8, 4) is 5.75 Å². The molecule has 0 radical (unpaired) electrons. The summed E-state index contributed by atoms with van der Waals surface area (Å²) < 4.78 is 4.99. The number of carbonyl (C=O) groups is 1. The van der Waals surface area contributed by atoms with E-state index in [4.69, 9.17) is 10.6 Å². The molecule has 110 valence electrons. The minimum Gasteiger partial charge on any atom is -0.427 e. The lowest BCUT2D eigenvalue weighted by molar-refractivity contribution is -0.131. The zero-order valence-corrected chi connectivity index (χ0v) is 12.4. The van der Waals surface area contributed by atoms with Gasteiger partial charge in [-0.25, -0.2) is 5.84 Å². The van der Waals surface area contributed by atoms with Gasteiger partial charge in [0, 0.05) is 13.5 Å². The molecule has 0 saturated heterocycles. The Kier molecular flexibility index (Phi) is 4.95. The van der Waals surface area contributed by atoms with E-state index in [1.807, 2.05) is 12.1 Å². The molecule has 0 heterocycles. The standard InChI is InChI=1S/C17H20N2O2/c1-13-3-5-15(6-4-13)11-12-19(18)16-7-9-17(10-8-16)21-14(2)20/h3-10H,11-12,18H2,1-2H3. The number of rotatable bonds is 5. The summed E-state index contributed by atoms with van der Waals surface area (Å²) in [5.41, 5.74) is 3.40. The van der Waals surface area contributed by atoms with Gasteiger partial charge in [-0.15, -0.1) is 0 Å². The Bertz CT molecular complexity index is 591. The molecule has 0 unspecified atom stereocenters. The van der Waals surface area contributed by atoms with Gasteiger partial charge in [-0.3, -0.25) is 4.79 Å². The Balaban J connectivity index is 1.92. The third-order valence-electron chi connectivity index (χ3n) is 3.19. The minimum atomic E-state index is -0.327. The van der Waals surface area contributed by atoms with E-state index in [1.54, 1.807) is 17.1 Å². The second-order valence-corrected chi connectivity index (χ2v) is 5.02. The average Bonchev–Trinajstić information content (AvgIpc) is 2.46. The Morgan fingerprint density at radius 3 is 2.29 bits per heavy atom. The van der Waals surface area contributed by atoms with Crippen LogP contribution in [-0.4, -0.2) is 12.5 Å². The highest BCUT2D eigenvalue weighted by molar-refractivity contribution is 5.69. The summed E-state index contributed by atoms with van der Waals surface area (Å²) in [6.07, 6.45) is 0.877. The maximum absolute atomic E-state index is 10.9. The van der Waals surface area contributed by atoms with E-state index in [9.17, 15) is 4.79 Å². The molecule has 2 rings (SSSR count). The molecule has 4 heteroatoms. The SMILES string of the molecule is CC(=O)Oc1ccc(N(N)CCc2ccc(C)cc2)cc1. The summed E-state index contributed by atoms with van der Waals surface area (Å²) in [6.45, 7) is 4.17. The summed E-state index contributed by atoms with van der Waals surface area (Å²) in [4.78, 5) is 10.9. The van der Waals surface area contributed by atoms with Gasteiger partial charge in [0.1, 0.15) is 5.75 Å². The van der Waals surface area contributed by atoms with E-state index < -0.39 is 0 Å². The van der Waals surface area contributed by atoms with E-state index in [0.29, 0.717) is 5.75 Å². The topological polar surface area (TPSA) is 55.6 Å². The van der Waals surface area contributed by atoms with Gasteiger partial charge in [-0.2, -0.15) is 0 Å². The third kappa shape index (κ3) is 4.61. The number of hydrogen-bond acceptors (Lipinski definition) is 4. The Hall–Kier alpha value is -2.33. The van der Waals surface area contributed by atoms with E-state index in [0.717, 1.165) is 18.7 Å². The van der Waals surface area contributed by atoms with Crippen LogP contribution in [0.1, 0.15) is 18.1 Å². The van der Waals surface area contributed by atoms with E-state index >= 15 is 0 Å². The zero-order valence-electron chi connectivity index (χ0n) is 12.4. The van der Waals surface area contributed by atoms with Gasteiger partial charge in [0.25, 0.3) is 0 Å². The van der Waals surface area contributed by atoms with E-state index in [2.05, 4.69) is 31.2 Å². The highest BCUT2D eigenvalue weighted by atomic mass is 16.5. The summed E-state index contributed by atoms with van der Waals surface area (Å²) in [5, 5.41) is 1.69. The second-order valence-electron chi connectivity index (χ2n) is 5.02. The fourth-order valence-electron chi connectivity index (χ4n) is 2.01. The number of hydrogen-bond donors (Lipinski definition) is 1. The lowest BCUT2D eigenvalue weighted by atomic mass is 10.1. The Labute approximate surface area is 125 Å². The molecule has 2 aromatic carbocycles. The molecular formula is C17H20N2O2. The Morgan fingerprint density at radius 2 is 1.71 bits per heavy atom. The van der Waals surface area contributed by atoms with Gasteiger partial charge in [0.15, 0.2) is 0 Å². The molecule has 0 aliphatic rings. The van der Waals surface area contributed by atoms with Crippen LogP contribution in [0.4, 0.5) is 5.69 Å². The first-order chi connectivity index (χ1) is 10.0. The van der Waals surface area contributed by atoms with Crippen molar-refractivity contribution in [2.24, 2.45) is 5.84 Å². The maximum Gasteiger partial charge on any atom is 0.308 e. The second kappa shape index (κ2) is 6.90. The van der Waals surface area contributed by atoms with Crippen LogP contribution < -0.4 is 15.6 Å². The normalized spacial score (nSPS) is 10.2. The fourth-order valence-corrected chi connectivity index (χ4v) is 2.01. The van der Waals surface area contributed by atoms with Crippen molar-refractivity contribution in [3.63, 3.8) is 0 Å². The number of benzene rings is 2. The van der Waals surface area contributed by atoms with Crippen LogP contribution in [0.2, 0.25) is 0 Å². The van der Waals surface area contributed by atoms with Gasteiger partial charge >= 0.3 is 5.97 Å². The van der Waals surface area contributed by atoms with Crippen molar-refractivity contribution in [2.45, 2.75) is 20.3 Å². The first-order valence-corrected chi connectivity index (χ1v) is 6.91. The van der Waals surface area contributed by atoms with Crippen LogP contribution >= 0.6 is 0 Å². The van der Waals surface area contributed by atoms with Crippen molar-refractivity contribution < 1.29 is 9.53 Å². The lowest BCUT2D eigenvalue weighted by Gasteiger charge is -2.19. The summed E-state index contributed by atoms with van der Waals surface area (Å²) in [6, 6.07) is 15.6. The number of aryl methyl sites for hydroxylation is 1. The molecule has 0 spiro atoms. The van der Waals surface area contributed by atoms with Gasteiger partial charge in [-0.1, -0.05) is 29.8 Å². The van der Waals surface area contributed by atoms with Crippen molar-refractivity contribution in [3.05, 3.63) is 59.7 Å². The van der Waals surface area contributed by atoms with Crippen LogP contribution in [0.15, 0.2) is 48.5 Å². The summed E-state index contributed by atoms with van der Waals surface area (Å²) >= 11 is 0. The van der Waals surface area contributed by atoms with Gasteiger partial charge in [0.2, 0.25) is 0 Å². The van der Waals surface area contributed by atoms with Crippen molar-refractivity contribution in [2.75, 3.05) is 11.6 Å². The lowest BCUT2D eigenvalue weighted by Crippen LogP contribution is -2.32. The molecule has 21 heavy (non-hydrogen) atoms. The number of ether oxygens (including phenoxy) is 1. The highest BCUT2D eigenvalue weighted by Gasteiger charge is 2.04. The van der Waals surface area contributed by atoms with E-state index in [-0.39, 0.29) is 5.97 Å². The fraction of sp³-hybridized carbons (Fsp3) is 0.235. The van der Waals surface area contributed by atoms with Crippen LogP contribution in [0.5, 0.6) is 5.75 Å². The first kappa shape index (κ1) is 15.1. The number of anilines is 1. The maximum atomic E-state index is 10.9. The van der Waals surface area contributed by atoms with Gasteiger partial charge < -0.3 is 9.75 Å². The molecule has 0 fully saturated rings. The third-order valence-corrected chi connectivity index (χ3v) is 3.19. The predicted molar refractivity (Wildman–Crippen MR) is 84.2 cm³/mol. The smallest absolute Gasteiger partial charge is 0.308 e. The monoisotopic (exact) mass is 284 g/mol. The quantitative estimate of drug-likeness (QED) is 0.397. The molecule has 2 N–H and O–H groups in total. The van der Waals surface area contributed by atoms with Crippen molar-refractivity contribution in [1.29, 1.82) is 0 Å². The number of carbonyl (C=O) groups excluding carboxylic acids is 1. The number of nitrogens with two attached hydrogens (primary N) is 1. The molecule has 0 saturated carbocycles.